The molecule has 0 radical (unpaired) electrons. The lowest BCUT2D eigenvalue weighted by molar-refractivity contribution is -0.145. The quantitative estimate of drug-likeness (QED) is 0.0675. The van der Waals surface area contributed by atoms with E-state index in [4.69, 9.17) is 28.4 Å². The van der Waals surface area contributed by atoms with Crippen LogP contribution in [0.1, 0.15) is 44.7 Å². The Labute approximate surface area is 265 Å². The van der Waals surface area contributed by atoms with Gasteiger partial charge >= 0.3 is 23.9 Å². The second-order valence-corrected chi connectivity index (χ2v) is 9.55. The first-order valence-electron chi connectivity index (χ1n) is 13.9. The maximum absolute atomic E-state index is 12.6. The molecule has 4 aromatic rings. The van der Waals surface area contributed by atoms with E-state index in [-0.39, 0.29) is 19.5 Å². The standard InChI is InChI=1S/C36H30O10/c1-4-33(37)43-22-41-29-14-10-27(11-15-29)35(39)45-31-18-6-25(7-19-31)24(3)26-8-20-32(21-9-26)46-36(40)28-12-16-30(17-13-28)42-23-44-34(38)5-2/h4-21,24H,1-2,22-23H2,3H3. The Balaban J connectivity index is 1.26. The van der Waals surface area contributed by atoms with Crippen molar-refractivity contribution in [2.75, 3.05) is 13.6 Å². The molecule has 10 nitrogen and oxygen atoms in total. The van der Waals surface area contributed by atoms with Crippen LogP contribution >= 0.6 is 0 Å². The molecule has 0 bridgehead atoms. The second-order valence-electron chi connectivity index (χ2n) is 9.55. The molecule has 0 aliphatic rings. The fraction of sp³-hybridized carbons (Fsp3) is 0.111. The number of hydrogen-bond acceptors (Lipinski definition) is 10. The van der Waals surface area contributed by atoms with Gasteiger partial charge in [0.05, 0.1) is 11.1 Å². The number of hydrogen-bond donors (Lipinski definition) is 0. The highest BCUT2D eigenvalue weighted by Crippen LogP contribution is 2.28. The normalized spacial score (nSPS) is 10.3. The molecule has 0 spiro atoms. The average Bonchev–Trinajstić information content (AvgIpc) is 3.09. The SMILES string of the molecule is C=CC(=O)OCOc1ccc(C(=O)Oc2ccc(C(C)c3ccc(OC(=O)c4ccc(OCOC(=O)C=C)cc4)cc3)cc2)cc1. The third-order valence-electron chi connectivity index (χ3n) is 6.55. The van der Waals surface area contributed by atoms with E-state index >= 15 is 0 Å². The van der Waals surface area contributed by atoms with E-state index in [1.165, 1.54) is 0 Å². The average molecular weight is 623 g/mol. The number of rotatable bonds is 14. The van der Waals surface area contributed by atoms with Gasteiger partial charge in [-0.2, -0.15) is 0 Å². The van der Waals surface area contributed by atoms with Crippen LogP contribution in [0.25, 0.3) is 0 Å². The molecule has 0 aliphatic carbocycles. The highest BCUT2D eigenvalue weighted by atomic mass is 16.7. The van der Waals surface area contributed by atoms with E-state index in [0.717, 1.165) is 23.3 Å². The lowest BCUT2D eigenvalue weighted by atomic mass is 9.93. The van der Waals surface area contributed by atoms with Crippen molar-refractivity contribution in [3.8, 4) is 23.0 Å². The smallest absolute Gasteiger partial charge is 0.343 e. The summed E-state index contributed by atoms with van der Waals surface area (Å²) in [5.74, 6) is -0.659. The van der Waals surface area contributed by atoms with Crippen molar-refractivity contribution in [1.82, 2.24) is 0 Å². The third kappa shape index (κ3) is 9.42. The Hall–Kier alpha value is -6.16. The van der Waals surface area contributed by atoms with Crippen LogP contribution in [-0.2, 0) is 19.1 Å². The van der Waals surface area contributed by atoms with E-state index < -0.39 is 23.9 Å². The van der Waals surface area contributed by atoms with E-state index in [1.54, 1.807) is 72.8 Å². The maximum Gasteiger partial charge on any atom is 0.343 e. The molecule has 0 saturated carbocycles. The van der Waals surface area contributed by atoms with Crippen LogP contribution in [0, 0.1) is 0 Å². The Morgan fingerprint density at radius 2 is 0.870 bits per heavy atom. The Morgan fingerprint density at radius 3 is 1.20 bits per heavy atom. The van der Waals surface area contributed by atoms with Crippen LogP contribution in [0.2, 0.25) is 0 Å². The highest BCUT2D eigenvalue weighted by molar-refractivity contribution is 5.91. The highest BCUT2D eigenvalue weighted by Gasteiger charge is 2.14. The van der Waals surface area contributed by atoms with E-state index in [9.17, 15) is 19.2 Å². The van der Waals surface area contributed by atoms with Gasteiger partial charge in [-0.25, -0.2) is 19.2 Å². The van der Waals surface area contributed by atoms with Crippen molar-refractivity contribution in [2.45, 2.75) is 12.8 Å². The zero-order valence-electron chi connectivity index (χ0n) is 24.9. The fourth-order valence-electron chi connectivity index (χ4n) is 3.98. The molecule has 0 aliphatic heterocycles. The molecule has 0 aromatic heterocycles. The molecule has 0 N–H and O–H groups in total. The first kappa shape index (κ1) is 32.7. The van der Waals surface area contributed by atoms with Gasteiger partial charge in [0.25, 0.3) is 0 Å². The largest absolute Gasteiger partial charge is 0.457 e. The molecule has 46 heavy (non-hydrogen) atoms. The summed E-state index contributed by atoms with van der Waals surface area (Å²) in [7, 11) is 0. The molecule has 4 aromatic carbocycles. The Morgan fingerprint density at radius 1 is 0.543 bits per heavy atom. The number of esters is 4. The van der Waals surface area contributed by atoms with Crippen molar-refractivity contribution < 1.29 is 47.6 Å². The van der Waals surface area contributed by atoms with Crippen LogP contribution in [0.4, 0.5) is 0 Å². The lowest BCUT2D eigenvalue weighted by Gasteiger charge is -2.14. The summed E-state index contributed by atoms with van der Waals surface area (Å²) in [6.07, 6.45) is 2.07. The van der Waals surface area contributed by atoms with Crippen LogP contribution in [0.5, 0.6) is 23.0 Å². The van der Waals surface area contributed by atoms with Crippen LogP contribution < -0.4 is 18.9 Å². The fourth-order valence-corrected chi connectivity index (χ4v) is 3.98. The van der Waals surface area contributed by atoms with Crippen molar-refractivity contribution in [3.63, 3.8) is 0 Å². The van der Waals surface area contributed by atoms with Crippen molar-refractivity contribution >= 4 is 23.9 Å². The predicted molar refractivity (Wildman–Crippen MR) is 167 cm³/mol. The molecule has 234 valence electrons. The molecule has 0 heterocycles. The summed E-state index contributed by atoms with van der Waals surface area (Å²) in [5, 5.41) is 0. The third-order valence-corrected chi connectivity index (χ3v) is 6.55. The summed E-state index contributed by atoms with van der Waals surface area (Å²) in [6.45, 7) is 8.09. The van der Waals surface area contributed by atoms with Gasteiger partial charge in [-0.3, -0.25) is 0 Å². The van der Waals surface area contributed by atoms with E-state index in [2.05, 4.69) is 13.2 Å². The first-order valence-corrected chi connectivity index (χ1v) is 13.9. The molecule has 0 atom stereocenters. The van der Waals surface area contributed by atoms with Crippen molar-refractivity contribution in [2.24, 2.45) is 0 Å². The summed E-state index contributed by atoms with van der Waals surface area (Å²) < 4.78 is 31.1. The second kappa shape index (κ2) is 16.1. The van der Waals surface area contributed by atoms with E-state index in [1.807, 2.05) is 31.2 Å². The van der Waals surface area contributed by atoms with Gasteiger partial charge in [0.15, 0.2) is 0 Å². The number of carbonyl (C=O) groups excluding carboxylic acids is 4. The minimum atomic E-state index is -0.600. The monoisotopic (exact) mass is 622 g/mol. The minimum absolute atomic E-state index is 0.00565. The van der Waals surface area contributed by atoms with Gasteiger partial charge in [-0.05, 0) is 83.9 Å². The van der Waals surface area contributed by atoms with Gasteiger partial charge in [-0.15, -0.1) is 0 Å². The van der Waals surface area contributed by atoms with Gasteiger partial charge in [0, 0.05) is 18.1 Å². The first-order chi connectivity index (χ1) is 22.2. The van der Waals surface area contributed by atoms with Gasteiger partial charge in [0.2, 0.25) is 13.6 Å². The van der Waals surface area contributed by atoms with Crippen molar-refractivity contribution in [3.05, 3.63) is 145 Å². The molecule has 0 amide bonds. The molecule has 0 fully saturated rings. The molecule has 0 unspecified atom stereocenters. The molecule has 10 heteroatoms. The zero-order valence-corrected chi connectivity index (χ0v) is 24.9. The summed E-state index contributed by atoms with van der Waals surface area (Å²) in [5.41, 5.74) is 2.63. The molecular formula is C36H30O10. The predicted octanol–water partition coefficient (Wildman–Crippen LogP) is 6.41. The number of benzene rings is 4. The molecule has 0 saturated heterocycles. The van der Waals surface area contributed by atoms with Gasteiger partial charge in [-0.1, -0.05) is 44.3 Å². The molecule has 4 rings (SSSR count). The minimum Gasteiger partial charge on any atom is -0.457 e. The van der Waals surface area contributed by atoms with Crippen LogP contribution in [0.3, 0.4) is 0 Å². The number of carbonyl (C=O) groups is 4. The van der Waals surface area contributed by atoms with Gasteiger partial charge < -0.3 is 28.4 Å². The topological polar surface area (TPSA) is 124 Å². The molecular weight excluding hydrogens is 592 g/mol. The summed E-state index contributed by atoms with van der Waals surface area (Å²) >= 11 is 0. The maximum atomic E-state index is 12.6. The Bertz CT molecular complexity index is 1550. The summed E-state index contributed by atoms with van der Waals surface area (Å²) in [4.78, 5) is 47.3. The van der Waals surface area contributed by atoms with Crippen LogP contribution in [-0.4, -0.2) is 37.5 Å². The zero-order chi connectivity index (χ0) is 32.9. The van der Waals surface area contributed by atoms with Gasteiger partial charge in [0.1, 0.15) is 23.0 Å². The summed E-state index contributed by atoms with van der Waals surface area (Å²) in [6, 6.07) is 26.8. The number of ether oxygens (including phenoxy) is 6. The van der Waals surface area contributed by atoms with E-state index in [0.29, 0.717) is 34.1 Å². The van der Waals surface area contributed by atoms with Crippen LogP contribution in [0.15, 0.2) is 122 Å². The lowest BCUT2D eigenvalue weighted by Crippen LogP contribution is -2.10. The van der Waals surface area contributed by atoms with Crippen molar-refractivity contribution in [1.29, 1.82) is 0 Å². The Kier molecular flexibility index (Phi) is 11.4.